The summed E-state index contributed by atoms with van der Waals surface area (Å²) >= 11 is 0. The van der Waals surface area contributed by atoms with Crippen LogP contribution in [0.2, 0.25) is 0 Å². The second kappa shape index (κ2) is 3.20. The number of aromatic nitrogens is 1. The van der Waals surface area contributed by atoms with Gasteiger partial charge >= 0.3 is 0 Å². The van der Waals surface area contributed by atoms with Crippen molar-refractivity contribution in [3.05, 3.63) is 35.5 Å². The van der Waals surface area contributed by atoms with E-state index < -0.39 is 0 Å². The molecule has 0 fully saturated rings. The molecule has 1 aromatic heterocycles. The fourth-order valence-electron chi connectivity index (χ4n) is 1.87. The number of benzene rings is 1. The van der Waals surface area contributed by atoms with Crippen LogP contribution in [0.3, 0.4) is 0 Å². The Morgan fingerprint density at radius 2 is 2.25 bits per heavy atom. The summed E-state index contributed by atoms with van der Waals surface area (Å²) in [5.41, 5.74) is 3.68. The van der Waals surface area contributed by atoms with E-state index in [1.807, 2.05) is 31.2 Å². The van der Waals surface area contributed by atoms with E-state index >= 15 is 0 Å². The van der Waals surface area contributed by atoms with Crippen molar-refractivity contribution in [3.63, 3.8) is 0 Å². The van der Waals surface area contributed by atoms with E-state index in [1.54, 1.807) is 0 Å². The number of hydrogen-bond donors (Lipinski definition) is 1. The summed E-state index contributed by atoms with van der Waals surface area (Å²) < 4.78 is 5.17. The molecule has 4 heteroatoms. The van der Waals surface area contributed by atoms with Gasteiger partial charge in [-0.15, -0.1) is 0 Å². The van der Waals surface area contributed by atoms with Gasteiger partial charge in [0.05, 0.1) is 12.1 Å². The normalized spacial score (nSPS) is 13.7. The van der Waals surface area contributed by atoms with Gasteiger partial charge in [0.15, 0.2) is 5.76 Å². The van der Waals surface area contributed by atoms with Crippen molar-refractivity contribution in [3.8, 4) is 11.3 Å². The van der Waals surface area contributed by atoms with Crippen LogP contribution in [0, 0.1) is 6.92 Å². The minimum Gasteiger partial charge on any atom is -0.356 e. The predicted molar refractivity (Wildman–Crippen MR) is 59.0 cm³/mol. The first-order valence-electron chi connectivity index (χ1n) is 5.09. The van der Waals surface area contributed by atoms with E-state index in [0.717, 1.165) is 28.3 Å². The molecule has 80 valence electrons. The van der Waals surface area contributed by atoms with E-state index in [-0.39, 0.29) is 5.91 Å². The highest BCUT2D eigenvalue weighted by molar-refractivity contribution is 5.99. The summed E-state index contributed by atoms with van der Waals surface area (Å²) in [6, 6.07) is 7.68. The number of aryl methyl sites for hydroxylation is 1. The van der Waals surface area contributed by atoms with Gasteiger partial charge in [-0.3, -0.25) is 4.79 Å². The summed E-state index contributed by atoms with van der Waals surface area (Å²) in [6.45, 7) is 1.88. The largest absolute Gasteiger partial charge is 0.356 e. The molecule has 0 atom stereocenters. The second-order valence-electron chi connectivity index (χ2n) is 3.93. The Morgan fingerprint density at radius 1 is 1.38 bits per heavy atom. The van der Waals surface area contributed by atoms with Crippen LogP contribution in [0.1, 0.15) is 11.3 Å². The fraction of sp³-hybridized carbons (Fsp3) is 0.167. The summed E-state index contributed by atoms with van der Waals surface area (Å²) in [6.07, 6.45) is 0.463. The molecule has 1 amide bonds. The van der Waals surface area contributed by atoms with Gasteiger partial charge in [-0.05, 0) is 18.6 Å². The van der Waals surface area contributed by atoms with Gasteiger partial charge in [-0.25, -0.2) is 0 Å². The van der Waals surface area contributed by atoms with Crippen molar-refractivity contribution in [1.82, 2.24) is 5.16 Å². The van der Waals surface area contributed by atoms with Crippen molar-refractivity contribution < 1.29 is 9.32 Å². The van der Waals surface area contributed by atoms with Gasteiger partial charge in [0.2, 0.25) is 5.91 Å². The zero-order valence-electron chi connectivity index (χ0n) is 8.78. The van der Waals surface area contributed by atoms with Crippen LogP contribution >= 0.6 is 0 Å². The molecule has 2 heterocycles. The molecule has 3 rings (SSSR count). The fourth-order valence-corrected chi connectivity index (χ4v) is 1.87. The minimum absolute atomic E-state index is 0.0425. The highest BCUT2D eigenvalue weighted by atomic mass is 16.5. The monoisotopic (exact) mass is 214 g/mol. The maximum atomic E-state index is 11.2. The topological polar surface area (TPSA) is 55.1 Å². The van der Waals surface area contributed by atoms with Gasteiger partial charge in [-0.2, -0.15) is 0 Å². The summed E-state index contributed by atoms with van der Waals surface area (Å²) in [5, 5.41) is 6.65. The number of fused-ring (bicyclic) bond motifs is 1. The van der Waals surface area contributed by atoms with E-state index in [1.165, 1.54) is 0 Å². The van der Waals surface area contributed by atoms with Gasteiger partial charge in [0.1, 0.15) is 0 Å². The van der Waals surface area contributed by atoms with Gasteiger partial charge in [-0.1, -0.05) is 17.3 Å². The Kier molecular flexibility index (Phi) is 1.83. The van der Waals surface area contributed by atoms with Crippen molar-refractivity contribution in [2.24, 2.45) is 0 Å². The maximum Gasteiger partial charge on any atom is 0.228 e. The highest BCUT2D eigenvalue weighted by Crippen LogP contribution is 2.29. The smallest absolute Gasteiger partial charge is 0.228 e. The molecule has 1 aliphatic rings. The highest BCUT2D eigenvalue weighted by Gasteiger charge is 2.18. The van der Waals surface area contributed by atoms with Crippen LogP contribution < -0.4 is 5.32 Å². The number of nitrogens with zero attached hydrogens (tertiary/aromatic N) is 1. The molecule has 0 bridgehead atoms. The third-order valence-electron chi connectivity index (χ3n) is 2.65. The zero-order valence-corrected chi connectivity index (χ0v) is 8.78. The summed E-state index contributed by atoms with van der Waals surface area (Å²) in [4.78, 5) is 11.2. The number of carbonyl (C=O) groups excluding carboxylic acids is 1. The quantitative estimate of drug-likeness (QED) is 0.791. The van der Waals surface area contributed by atoms with E-state index in [2.05, 4.69) is 10.5 Å². The second-order valence-corrected chi connectivity index (χ2v) is 3.93. The molecule has 1 N–H and O–H groups in total. The molecule has 0 saturated carbocycles. The number of rotatable bonds is 1. The lowest BCUT2D eigenvalue weighted by atomic mass is 10.1. The summed E-state index contributed by atoms with van der Waals surface area (Å²) in [7, 11) is 0. The molecule has 0 aliphatic carbocycles. The molecule has 16 heavy (non-hydrogen) atoms. The predicted octanol–water partition coefficient (Wildman–Crippen LogP) is 2.14. The molecule has 0 saturated heterocycles. The molecule has 1 aromatic carbocycles. The van der Waals surface area contributed by atoms with Crippen molar-refractivity contribution >= 4 is 11.6 Å². The lowest BCUT2D eigenvalue weighted by Crippen LogP contribution is -2.03. The minimum atomic E-state index is 0.0425. The molecular formula is C12H10N2O2. The molecule has 2 aromatic rings. The van der Waals surface area contributed by atoms with Gasteiger partial charge in [0.25, 0.3) is 0 Å². The Labute approximate surface area is 92.3 Å². The van der Waals surface area contributed by atoms with Crippen molar-refractivity contribution in [2.45, 2.75) is 13.3 Å². The Balaban J connectivity index is 2.05. The van der Waals surface area contributed by atoms with Gasteiger partial charge in [0, 0.05) is 17.3 Å². The molecule has 0 radical (unpaired) electrons. The molecule has 0 unspecified atom stereocenters. The van der Waals surface area contributed by atoms with Crippen LogP contribution in [0.15, 0.2) is 28.8 Å². The lowest BCUT2D eigenvalue weighted by molar-refractivity contribution is -0.115. The van der Waals surface area contributed by atoms with Crippen molar-refractivity contribution in [1.29, 1.82) is 0 Å². The third kappa shape index (κ3) is 1.39. The first-order valence-corrected chi connectivity index (χ1v) is 5.09. The average molecular weight is 214 g/mol. The summed E-state index contributed by atoms with van der Waals surface area (Å²) in [5.74, 6) is 0.766. The SMILES string of the molecule is Cc1cc(-c2ccc3c(c2)NC(=O)C3)on1. The molecular weight excluding hydrogens is 204 g/mol. The number of anilines is 1. The van der Waals surface area contributed by atoms with Gasteiger partial charge < -0.3 is 9.84 Å². The Hall–Kier alpha value is -2.10. The van der Waals surface area contributed by atoms with Crippen LogP contribution in [0.25, 0.3) is 11.3 Å². The lowest BCUT2D eigenvalue weighted by Gasteiger charge is -2.00. The van der Waals surface area contributed by atoms with E-state index in [0.29, 0.717) is 6.42 Å². The van der Waals surface area contributed by atoms with E-state index in [4.69, 9.17) is 4.52 Å². The number of nitrogens with one attached hydrogen (secondary N) is 1. The van der Waals surface area contributed by atoms with Crippen LogP contribution in [-0.4, -0.2) is 11.1 Å². The Morgan fingerprint density at radius 3 is 3.00 bits per heavy atom. The molecule has 4 nitrogen and oxygen atoms in total. The zero-order chi connectivity index (χ0) is 11.1. The number of hydrogen-bond acceptors (Lipinski definition) is 3. The maximum absolute atomic E-state index is 11.2. The average Bonchev–Trinajstić information content (AvgIpc) is 2.81. The van der Waals surface area contributed by atoms with Crippen molar-refractivity contribution in [2.75, 3.05) is 5.32 Å². The molecule has 0 spiro atoms. The van der Waals surface area contributed by atoms with Crippen LogP contribution in [0.5, 0.6) is 0 Å². The van der Waals surface area contributed by atoms with Crippen LogP contribution in [0.4, 0.5) is 5.69 Å². The third-order valence-corrected chi connectivity index (χ3v) is 2.65. The first-order chi connectivity index (χ1) is 7.72. The number of amides is 1. The molecule has 1 aliphatic heterocycles. The standard InChI is InChI=1S/C12H10N2O2/c1-7-4-11(16-14-7)9-3-2-8-6-12(15)13-10(8)5-9/h2-5H,6H2,1H3,(H,13,15). The first kappa shape index (κ1) is 9.15. The van der Waals surface area contributed by atoms with E-state index in [9.17, 15) is 4.79 Å². The Bertz CT molecular complexity index is 572. The number of carbonyl (C=O) groups is 1. The van der Waals surface area contributed by atoms with Crippen LogP contribution in [-0.2, 0) is 11.2 Å².